The van der Waals surface area contributed by atoms with Gasteiger partial charge in [0.1, 0.15) is 11.4 Å². The van der Waals surface area contributed by atoms with Gasteiger partial charge in [0, 0.05) is 13.2 Å². The lowest BCUT2D eigenvalue weighted by Crippen LogP contribution is -2.34. The second kappa shape index (κ2) is 4.65. The molecule has 7 nitrogen and oxygen atoms in total. The highest BCUT2D eigenvalue weighted by Gasteiger charge is 2.33. The van der Waals surface area contributed by atoms with Gasteiger partial charge in [-0.05, 0) is 20.3 Å². The second-order valence-corrected chi connectivity index (χ2v) is 4.79. The number of ether oxygens (including phenoxy) is 2. The van der Waals surface area contributed by atoms with Gasteiger partial charge in [-0.1, -0.05) is 0 Å². The van der Waals surface area contributed by atoms with Crippen molar-refractivity contribution in [3.05, 3.63) is 21.9 Å². The minimum absolute atomic E-state index is 0.313. The summed E-state index contributed by atoms with van der Waals surface area (Å²) < 4.78 is 11.5. The lowest BCUT2D eigenvalue weighted by Gasteiger charge is -2.24. The van der Waals surface area contributed by atoms with Crippen LogP contribution in [0.15, 0.2) is 4.79 Å². The standard InChI is InChI=1S/C12H16N2O5/c1-12(2)11-13-7(10(17)18-3)8(15)9(16)14(11)5-4-6-19-12/h15H,4-6H2,1-3H3. The summed E-state index contributed by atoms with van der Waals surface area (Å²) >= 11 is 0. The predicted molar refractivity (Wildman–Crippen MR) is 65.1 cm³/mol. The second-order valence-electron chi connectivity index (χ2n) is 4.79. The Morgan fingerprint density at radius 1 is 1.53 bits per heavy atom. The quantitative estimate of drug-likeness (QED) is 0.741. The molecule has 0 amide bonds. The highest BCUT2D eigenvalue weighted by molar-refractivity contribution is 5.89. The van der Waals surface area contributed by atoms with Crippen LogP contribution in [-0.4, -0.2) is 34.3 Å². The first kappa shape index (κ1) is 13.5. The molecular formula is C12H16N2O5. The Morgan fingerprint density at radius 3 is 2.84 bits per heavy atom. The number of rotatable bonds is 1. The maximum Gasteiger partial charge on any atom is 0.360 e. The van der Waals surface area contributed by atoms with E-state index in [1.54, 1.807) is 13.8 Å². The third kappa shape index (κ3) is 2.21. The maximum absolute atomic E-state index is 12.1. The van der Waals surface area contributed by atoms with Crippen molar-refractivity contribution >= 4 is 5.97 Å². The molecule has 1 N–H and O–H groups in total. The number of aromatic hydroxyl groups is 1. The Morgan fingerprint density at radius 2 is 2.21 bits per heavy atom. The van der Waals surface area contributed by atoms with Crippen LogP contribution in [0.25, 0.3) is 0 Å². The number of esters is 1. The van der Waals surface area contributed by atoms with E-state index in [4.69, 9.17) is 4.74 Å². The number of hydrogen-bond acceptors (Lipinski definition) is 6. The number of carbonyl (C=O) groups is 1. The van der Waals surface area contributed by atoms with Gasteiger partial charge in [0.2, 0.25) is 5.75 Å². The van der Waals surface area contributed by atoms with Gasteiger partial charge in [-0.25, -0.2) is 9.78 Å². The molecule has 0 radical (unpaired) electrons. The smallest absolute Gasteiger partial charge is 0.360 e. The topological polar surface area (TPSA) is 90.7 Å². The zero-order valence-corrected chi connectivity index (χ0v) is 11.1. The molecule has 0 unspecified atom stereocenters. The molecule has 7 heteroatoms. The minimum atomic E-state index is -0.849. The van der Waals surface area contributed by atoms with Crippen LogP contribution in [0.3, 0.4) is 0 Å². The Bertz CT molecular complexity index is 576. The zero-order chi connectivity index (χ0) is 14.2. The van der Waals surface area contributed by atoms with Gasteiger partial charge in [-0.15, -0.1) is 0 Å². The first-order valence-corrected chi connectivity index (χ1v) is 5.95. The third-order valence-electron chi connectivity index (χ3n) is 3.05. The number of fused-ring (bicyclic) bond motifs is 1. The molecule has 0 atom stereocenters. The molecule has 1 aliphatic rings. The van der Waals surface area contributed by atoms with E-state index in [1.807, 2.05) is 0 Å². The van der Waals surface area contributed by atoms with Crippen LogP contribution in [0.5, 0.6) is 5.75 Å². The van der Waals surface area contributed by atoms with E-state index in [0.29, 0.717) is 25.4 Å². The van der Waals surface area contributed by atoms with E-state index in [1.165, 1.54) is 4.57 Å². The Labute approximate surface area is 109 Å². The third-order valence-corrected chi connectivity index (χ3v) is 3.05. The number of hydrogen-bond donors (Lipinski definition) is 1. The maximum atomic E-state index is 12.1. The van der Waals surface area contributed by atoms with Crippen molar-refractivity contribution in [2.75, 3.05) is 13.7 Å². The van der Waals surface area contributed by atoms with Crippen LogP contribution in [-0.2, 0) is 21.6 Å². The summed E-state index contributed by atoms with van der Waals surface area (Å²) in [5.74, 6) is -1.22. The number of carbonyl (C=O) groups excluding carboxylic acids is 1. The van der Waals surface area contributed by atoms with Crippen molar-refractivity contribution in [3.63, 3.8) is 0 Å². The average Bonchev–Trinajstić information content (AvgIpc) is 2.52. The van der Waals surface area contributed by atoms with Gasteiger partial charge in [0.15, 0.2) is 5.69 Å². The molecule has 0 spiro atoms. The summed E-state index contributed by atoms with van der Waals surface area (Å²) in [4.78, 5) is 27.7. The van der Waals surface area contributed by atoms with E-state index in [-0.39, 0.29) is 5.69 Å². The molecule has 104 valence electrons. The van der Waals surface area contributed by atoms with Crippen LogP contribution in [0.4, 0.5) is 0 Å². The van der Waals surface area contributed by atoms with E-state index in [0.717, 1.165) is 7.11 Å². The fourth-order valence-corrected chi connectivity index (χ4v) is 2.07. The molecule has 1 aliphatic heterocycles. The van der Waals surface area contributed by atoms with E-state index >= 15 is 0 Å². The molecule has 1 aromatic rings. The summed E-state index contributed by atoms with van der Waals surface area (Å²) in [5, 5.41) is 9.78. The van der Waals surface area contributed by atoms with E-state index < -0.39 is 22.9 Å². The summed E-state index contributed by atoms with van der Waals surface area (Å²) in [6, 6.07) is 0. The Kier molecular flexibility index (Phi) is 3.32. The fourth-order valence-electron chi connectivity index (χ4n) is 2.07. The molecule has 0 aromatic carbocycles. The molecule has 0 saturated carbocycles. The summed E-state index contributed by atoms with van der Waals surface area (Å²) in [6.07, 6.45) is 0.634. The van der Waals surface area contributed by atoms with Crippen LogP contribution >= 0.6 is 0 Å². The predicted octanol–water partition coefficient (Wildman–Crippen LogP) is 0.391. The number of methoxy groups -OCH3 is 1. The van der Waals surface area contributed by atoms with Gasteiger partial charge in [0.25, 0.3) is 5.56 Å². The number of nitrogens with zero attached hydrogens (tertiary/aromatic N) is 2. The molecule has 0 bridgehead atoms. The summed E-state index contributed by atoms with van der Waals surface area (Å²) in [6.45, 7) is 4.38. The van der Waals surface area contributed by atoms with Crippen LogP contribution in [0.2, 0.25) is 0 Å². The summed E-state index contributed by atoms with van der Waals surface area (Å²) in [7, 11) is 1.16. The van der Waals surface area contributed by atoms with Gasteiger partial charge in [-0.3, -0.25) is 9.36 Å². The first-order valence-electron chi connectivity index (χ1n) is 5.95. The van der Waals surface area contributed by atoms with Gasteiger partial charge < -0.3 is 14.6 Å². The summed E-state index contributed by atoms with van der Waals surface area (Å²) in [5.41, 5.74) is -1.84. The van der Waals surface area contributed by atoms with Crippen molar-refractivity contribution < 1.29 is 19.4 Å². The lowest BCUT2D eigenvalue weighted by molar-refractivity contribution is -0.0228. The lowest BCUT2D eigenvalue weighted by atomic mass is 10.1. The SMILES string of the molecule is COC(=O)c1nc2n(c(=O)c1O)CCCOC2(C)C. The molecule has 1 aromatic heterocycles. The molecule has 0 fully saturated rings. The minimum Gasteiger partial charge on any atom is -0.501 e. The monoisotopic (exact) mass is 268 g/mol. The average molecular weight is 268 g/mol. The normalized spacial score (nSPS) is 17.4. The molecule has 0 aliphatic carbocycles. The van der Waals surface area contributed by atoms with E-state index in [2.05, 4.69) is 9.72 Å². The fraction of sp³-hybridized carbons (Fsp3) is 0.583. The highest BCUT2D eigenvalue weighted by Crippen LogP contribution is 2.27. The molecule has 19 heavy (non-hydrogen) atoms. The Hall–Kier alpha value is -1.89. The van der Waals surface area contributed by atoms with Crippen molar-refractivity contribution in [3.8, 4) is 5.75 Å². The van der Waals surface area contributed by atoms with Crippen molar-refractivity contribution in [1.29, 1.82) is 0 Å². The van der Waals surface area contributed by atoms with Gasteiger partial charge in [-0.2, -0.15) is 0 Å². The zero-order valence-electron chi connectivity index (χ0n) is 11.1. The van der Waals surface area contributed by atoms with Crippen LogP contribution in [0.1, 0.15) is 36.6 Å². The van der Waals surface area contributed by atoms with Crippen molar-refractivity contribution in [1.82, 2.24) is 9.55 Å². The van der Waals surface area contributed by atoms with Gasteiger partial charge >= 0.3 is 5.97 Å². The van der Waals surface area contributed by atoms with E-state index in [9.17, 15) is 14.7 Å². The first-order chi connectivity index (χ1) is 8.88. The largest absolute Gasteiger partial charge is 0.501 e. The van der Waals surface area contributed by atoms with Crippen molar-refractivity contribution in [2.45, 2.75) is 32.4 Å². The Balaban J connectivity index is 2.73. The highest BCUT2D eigenvalue weighted by atomic mass is 16.5. The van der Waals surface area contributed by atoms with Crippen LogP contribution in [0, 0.1) is 0 Å². The van der Waals surface area contributed by atoms with Gasteiger partial charge in [0.05, 0.1) is 7.11 Å². The molecule has 2 heterocycles. The van der Waals surface area contributed by atoms with Crippen molar-refractivity contribution in [2.24, 2.45) is 0 Å². The number of aromatic nitrogens is 2. The van der Waals surface area contributed by atoms with Crippen LogP contribution < -0.4 is 5.56 Å². The molecule has 2 rings (SSSR count). The molecular weight excluding hydrogens is 252 g/mol. The molecule has 0 saturated heterocycles.